The topological polar surface area (TPSA) is 12.9 Å². The summed E-state index contributed by atoms with van der Waals surface area (Å²) >= 11 is 1.66. The first kappa shape index (κ1) is 9.10. The van der Waals surface area contributed by atoms with Crippen molar-refractivity contribution in [1.29, 1.82) is 0 Å². The summed E-state index contributed by atoms with van der Waals surface area (Å²) in [7, 11) is 0. The van der Waals surface area contributed by atoms with E-state index >= 15 is 0 Å². The van der Waals surface area contributed by atoms with E-state index in [1.165, 1.54) is 29.5 Å². The fourth-order valence-corrected chi connectivity index (χ4v) is 2.88. The van der Waals surface area contributed by atoms with Crippen molar-refractivity contribution in [3.05, 3.63) is 40.2 Å². The van der Waals surface area contributed by atoms with Crippen LogP contribution in [0.4, 0.5) is 0 Å². The third kappa shape index (κ3) is 1.49. The van der Waals surface area contributed by atoms with E-state index in [1.807, 2.05) is 5.51 Å². The van der Waals surface area contributed by atoms with E-state index in [0.717, 1.165) is 11.6 Å². The normalized spacial score (nSPS) is 19.1. The maximum atomic E-state index is 4.36. The fourth-order valence-electron chi connectivity index (χ4n) is 2.32. The molecule has 2 aromatic rings. The van der Waals surface area contributed by atoms with Crippen molar-refractivity contribution in [2.45, 2.75) is 25.7 Å². The molecule has 0 fully saturated rings. The molecule has 0 bridgehead atoms. The average Bonchev–Trinajstić information content (AvgIpc) is 2.88. The molecule has 0 N–H and O–H groups in total. The van der Waals surface area contributed by atoms with Crippen LogP contribution in [0.5, 0.6) is 0 Å². The Hall–Kier alpha value is -1.15. The van der Waals surface area contributed by atoms with Gasteiger partial charge in [0.15, 0.2) is 0 Å². The molecule has 1 aliphatic carbocycles. The van der Waals surface area contributed by atoms with Crippen molar-refractivity contribution in [3.8, 4) is 11.3 Å². The van der Waals surface area contributed by atoms with Crippen molar-refractivity contribution in [2.24, 2.45) is 0 Å². The van der Waals surface area contributed by atoms with Gasteiger partial charge in [0.1, 0.15) is 0 Å². The highest BCUT2D eigenvalue weighted by Crippen LogP contribution is 2.35. The predicted octanol–water partition coefficient (Wildman–Crippen LogP) is 3.86. The van der Waals surface area contributed by atoms with E-state index in [9.17, 15) is 0 Å². The van der Waals surface area contributed by atoms with Gasteiger partial charge < -0.3 is 0 Å². The Kier molecular flexibility index (Phi) is 2.10. The summed E-state index contributed by atoms with van der Waals surface area (Å²) in [6.45, 7) is 2.32. The zero-order chi connectivity index (χ0) is 10.3. The SMILES string of the molecule is CC1CCc2ccc(-c3cscn3)cc21. The number of fused-ring (bicyclic) bond motifs is 1. The predicted molar refractivity (Wildman–Crippen MR) is 64.3 cm³/mol. The highest BCUT2D eigenvalue weighted by atomic mass is 32.1. The molecule has 0 spiro atoms. The van der Waals surface area contributed by atoms with Gasteiger partial charge in [0.2, 0.25) is 0 Å². The number of nitrogens with zero attached hydrogens (tertiary/aromatic N) is 1. The van der Waals surface area contributed by atoms with Crippen LogP contribution in [0.1, 0.15) is 30.4 Å². The van der Waals surface area contributed by atoms with E-state index in [4.69, 9.17) is 0 Å². The summed E-state index contributed by atoms with van der Waals surface area (Å²) in [5.74, 6) is 0.721. The number of rotatable bonds is 1. The van der Waals surface area contributed by atoms with Crippen LogP contribution in [0.15, 0.2) is 29.1 Å². The van der Waals surface area contributed by atoms with Crippen LogP contribution in [-0.2, 0) is 6.42 Å². The standard InChI is InChI=1S/C13H13NS/c1-9-2-3-10-4-5-11(6-12(9)10)13-7-15-8-14-13/h4-9H,2-3H2,1H3. The third-order valence-corrected chi connectivity index (χ3v) is 3.84. The third-order valence-electron chi connectivity index (χ3n) is 3.25. The highest BCUT2D eigenvalue weighted by molar-refractivity contribution is 7.07. The van der Waals surface area contributed by atoms with Crippen LogP contribution in [-0.4, -0.2) is 4.98 Å². The Bertz CT molecular complexity index is 473. The van der Waals surface area contributed by atoms with Gasteiger partial charge >= 0.3 is 0 Å². The summed E-state index contributed by atoms with van der Waals surface area (Å²) in [6.07, 6.45) is 2.55. The van der Waals surface area contributed by atoms with Gasteiger partial charge in [-0.3, -0.25) is 0 Å². The summed E-state index contributed by atoms with van der Waals surface area (Å²) in [5, 5.41) is 2.11. The Morgan fingerprint density at radius 3 is 3.13 bits per heavy atom. The summed E-state index contributed by atoms with van der Waals surface area (Å²) in [6, 6.07) is 6.79. The van der Waals surface area contributed by atoms with E-state index in [1.54, 1.807) is 11.3 Å². The van der Waals surface area contributed by atoms with Gasteiger partial charge in [0.05, 0.1) is 11.2 Å². The van der Waals surface area contributed by atoms with E-state index in [-0.39, 0.29) is 0 Å². The molecule has 1 aromatic heterocycles. The van der Waals surface area contributed by atoms with Crippen molar-refractivity contribution in [3.63, 3.8) is 0 Å². The minimum absolute atomic E-state index is 0.721. The quantitative estimate of drug-likeness (QED) is 0.704. The molecule has 1 aliphatic rings. The minimum Gasteiger partial charge on any atom is -0.245 e. The van der Waals surface area contributed by atoms with Gasteiger partial charge in [-0.2, -0.15) is 0 Å². The maximum Gasteiger partial charge on any atom is 0.0811 e. The van der Waals surface area contributed by atoms with Gasteiger partial charge in [-0.15, -0.1) is 11.3 Å². The van der Waals surface area contributed by atoms with Crippen molar-refractivity contribution < 1.29 is 0 Å². The fraction of sp³-hybridized carbons (Fsp3) is 0.308. The van der Waals surface area contributed by atoms with Crippen molar-refractivity contribution in [1.82, 2.24) is 4.98 Å². The molecule has 2 heteroatoms. The van der Waals surface area contributed by atoms with Gasteiger partial charge in [-0.05, 0) is 36.0 Å². The van der Waals surface area contributed by atoms with Gasteiger partial charge in [0, 0.05) is 10.9 Å². The minimum atomic E-state index is 0.721. The van der Waals surface area contributed by atoms with E-state index in [0.29, 0.717) is 0 Å². The van der Waals surface area contributed by atoms with Gasteiger partial charge in [-0.25, -0.2) is 4.98 Å². The second-order valence-electron chi connectivity index (χ2n) is 4.23. The zero-order valence-electron chi connectivity index (χ0n) is 8.73. The lowest BCUT2D eigenvalue weighted by atomic mass is 10.00. The number of thiazole rings is 1. The van der Waals surface area contributed by atoms with Crippen LogP contribution in [0.2, 0.25) is 0 Å². The Balaban J connectivity index is 2.09. The Morgan fingerprint density at radius 1 is 1.40 bits per heavy atom. The summed E-state index contributed by atoms with van der Waals surface area (Å²) in [4.78, 5) is 4.36. The van der Waals surface area contributed by atoms with Crippen LogP contribution < -0.4 is 0 Å². The van der Waals surface area contributed by atoms with E-state index in [2.05, 4.69) is 35.5 Å². The molecule has 1 aromatic carbocycles. The molecule has 3 rings (SSSR count). The zero-order valence-corrected chi connectivity index (χ0v) is 9.55. The molecule has 1 atom stereocenters. The van der Waals surface area contributed by atoms with Gasteiger partial charge in [0.25, 0.3) is 0 Å². The van der Waals surface area contributed by atoms with E-state index < -0.39 is 0 Å². The molecule has 1 unspecified atom stereocenters. The molecular weight excluding hydrogens is 202 g/mol. The number of benzene rings is 1. The molecule has 15 heavy (non-hydrogen) atoms. The maximum absolute atomic E-state index is 4.36. The first-order chi connectivity index (χ1) is 7.34. The Labute approximate surface area is 93.8 Å². The molecule has 0 saturated heterocycles. The van der Waals surface area contributed by atoms with Crippen LogP contribution in [0.25, 0.3) is 11.3 Å². The van der Waals surface area contributed by atoms with Gasteiger partial charge in [-0.1, -0.05) is 19.1 Å². The summed E-state index contributed by atoms with van der Waals surface area (Å²) < 4.78 is 0. The molecule has 0 amide bonds. The number of hydrogen-bond acceptors (Lipinski definition) is 2. The lowest BCUT2D eigenvalue weighted by Gasteiger charge is -2.06. The number of hydrogen-bond donors (Lipinski definition) is 0. The lowest BCUT2D eigenvalue weighted by molar-refractivity contribution is 0.747. The molecule has 76 valence electrons. The molecule has 0 radical (unpaired) electrons. The molecule has 0 saturated carbocycles. The smallest absolute Gasteiger partial charge is 0.0811 e. The molecule has 1 nitrogen and oxygen atoms in total. The van der Waals surface area contributed by atoms with Crippen LogP contribution in [0, 0.1) is 0 Å². The molecule has 1 heterocycles. The molecule has 0 aliphatic heterocycles. The largest absolute Gasteiger partial charge is 0.245 e. The summed E-state index contributed by atoms with van der Waals surface area (Å²) in [5.41, 5.74) is 7.33. The Morgan fingerprint density at radius 2 is 2.33 bits per heavy atom. The second-order valence-corrected chi connectivity index (χ2v) is 4.95. The molecular formula is C13H13NS. The van der Waals surface area contributed by atoms with Crippen LogP contribution in [0.3, 0.4) is 0 Å². The van der Waals surface area contributed by atoms with Crippen molar-refractivity contribution in [2.75, 3.05) is 0 Å². The lowest BCUT2D eigenvalue weighted by Crippen LogP contribution is -1.87. The first-order valence-electron chi connectivity index (χ1n) is 5.36. The monoisotopic (exact) mass is 215 g/mol. The number of aromatic nitrogens is 1. The average molecular weight is 215 g/mol. The second kappa shape index (κ2) is 3.46. The first-order valence-corrected chi connectivity index (χ1v) is 6.30. The number of aryl methyl sites for hydroxylation is 1. The van der Waals surface area contributed by atoms with Crippen LogP contribution >= 0.6 is 11.3 Å². The highest BCUT2D eigenvalue weighted by Gasteiger charge is 2.18. The van der Waals surface area contributed by atoms with Crippen molar-refractivity contribution >= 4 is 11.3 Å².